The molecule has 0 radical (unpaired) electrons. The molecule has 1 heterocycles. The molecule has 0 fully saturated rings. The van der Waals surface area contributed by atoms with Crippen molar-refractivity contribution in [1.82, 2.24) is 4.90 Å². The van der Waals surface area contributed by atoms with Gasteiger partial charge >= 0.3 is 0 Å². The van der Waals surface area contributed by atoms with Crippen molar-refractivity contribution < 1.29 is 14.3 Å². The second-order valence-corrected chi connectivity index (χ2v) is 5.74. The molecule has 106 valence electrons. The second kappa shape index (κ2) is 6.05. The zero-order valence-corrected chi connectivity index (χ0v) is 12.2. The van der Waals surface area contributed by atoms with E-state index in [2.05, 4.69) is 0 Å². The quantitative estimate of drug-likeness (QED) is 0.939. The third-order valence-electron chi connectivity index (χ3n) is 3.25. The van der Waals surface area contributed by atoms with Crippen LogP contribution in [0.25, 0.3) is 0 Å². The van der Waals surface area contributed by atoms with Crippen LogP contribution < -0.4 is 0 Å². The monoisotopic (exact) mass is 293 g/mol. The summed E-state index contributed by atoms with van der Waals surface area (Å²) in [7, 11) is 1.66. The van der Waals surface area contributed by atoms with Crippen LogP contribution in [0.2, 0.25) is 0 Å². The first kappa shape index (κ1) is 14.5. The fourth-order valence-electron chi connectivity index (χ4n) is 1.93. The lowest BCUT2D eigenvalue weighted by Crippen LogP contribution is -2.36. The number of carbonyl (C=O) groups excluding carboxylic acids is 1. The van der Waals surface area contributed by atoms with Gasteiger partial charge < -0.3 is 10.0 Å². The van der Waals surface area contributed by atoms with E-state index in [0.29, 0.717) is 0 Å². The Labute approximate surface area is 121 Å². The van der Waals surface area contributed by atoms with Crippen molar-refractivity contribution in [3.63, 3.8) is 0 Å². The summed E-state index contributed by atoms with van der Waals surface area (Å²) < 4.78 is 13.2. The van der Waals surface area contributed by atoms with Crippen LogP contribution in [0.1, 0.15) is 22.2 Å². The molecular formula is C15H16FNO2S. The zero-order valence-electron chi connectivity index (χ0n) is 11.3. The lowest BCUT2D eigenvalue weighted by Gasteiger charge is -2.25. The number of likely N-dealkylation sites (N-methyl/N-ethyl adjacent to an activating group) is 1. The van der Waals surface area contributed by atoms with Crippen molar-refractivity contribution in [2.24, 2.45) is 0 Å². The molecule has 0 aliphatic heterocycles. The highest BCUT2D eigenvalue weighted by molar-refractivity contribution is 7.09. The molecule has 0 saturated heterocycles. The van der Waals surface area contributed by atoms with Crippen LogP contribution in [-0.4, -0.2) is 29.0 Å². The zero-order chi connectivity index (χ0) is 14.7. The molecule has 1 N–H and O–H groups in total. The molecule has 0 bridgehead atoms. The summed E-state index contributed by atoms with van der Waals surface area (Å²) in [4.78, 5) is 15.0. The Hall–Kier alpha value is -1.88. The molecular weight excluding hydrogens is 277 g/mol. The third-order valence-corrected chi connectivity index (χ3v) is 4.15. The van der Waals surface area contributed by atoms with Gasteiger partial charge in [0.2, 0.25) is 0 Å². The van der Waals surface area contributed by atoms with E-state index < -0.39 is 5.82 Å². The molecule has 0 aliphatic rings. The number of hydrogen-bond acceptors (Lipinski definition) is 3. The summed E-state index contributed by atoms with van der Waals surface area (Å²) in [6, 6.07) is 7.32. The first-order valence-corrected chi connectivity index (χ1v) is 7.15. The van der Waals surface area contributed by atoms with Gasteiger partial charge in [0.05, 0.1) is 5.56 Å². The second-order valence-electron chi connectivity index (χ2n) is 4.71. The first-order valence-electron chi connectivity index (χ1n) is 6.27. The van der Waals surface area contributed by atoms with Crippen LogP contribution in [0.15, 0.2) is 35.7 Å². The number of halogens is 1. The predicted octanol–water partition coefficient (Wildman–Crippen LogP) is 3.30. The fourth-order valence-corrected chi connectivity index (χ4v) is 2.75. The van der Waals surface area contributed by atoms with Crippen molar-refractivity contribution in [2.45, 2.75) is 19.4 Å². The van der Waals surface area contributed by atoms with E-state index in [9.17, 15) is 14.3 Å². The minimum atomic E-state index is -0.537. The molecule has 20 heavy (non-hydrogen) atoms. The number of hydrogen-bond donors (Lipinski definition) is 1. The minimum absolute atomic E-state index is 0.00877. The average molecular weight is 293 g/mol. The number of carbonyl (C=O) groups is 1. The topological polar surface area (TPSA) is 40.5 Å². The van der Waals surface area contributed by atoms with Crippen LogP contribution >= 0.6 is 11.3 Å². The van der Waals surface area contributed by atoms with E-state index in [1.165, 1.54) is 15.8 Å². The number of nitrogens with zero attached hydrogens (tertiary/aromatic N) is 1. The van der Waals surface area contributed by atoms with E-state index in [-0.39, 0.29) is 23.3 Å². The van der Waals surface area contributed by atoms with Gasteiger partial charge in [-0.15, -0.1) is 11.3 Å². The van der Waals surface area contributed by atoms with Gasteiger partial charge in [0.25, 0.3) is 5.91 Å². The lowest BCUT2D eigenvalue weighted by molar-refractivity contribution is 0.0740. The Balaban J connectivity index is 2.13. The maximum atomic E-state index is 13.2. The van der Waals surface area contributed by atoms with Gasteiger partial charge in [0, 0.05) is 24.4 Å². The molecule has 0 spiro atoms. The van der Waals surface area contributed by atoms with Crippen LogP contribution in [0.4, 0.5) is 4.39 Å². The number of amides is 1. The summed E-state index contributed by atoms with van der Waals surface area (Å²) in [5.74, 6) is -1.12. The number of thiophene rings is 1. The standard InChI is InChI=1S/C15H16FNO2S/c1-10(8-12-4-3-7-20-12)17(2)15(19)13-9-11(16)5-6-14(13)18/h3-7,9-10,18H,8H2,1-2H3. The lowest BCUT2D eigenvalue weighted by atomic mass is 10.1. The molecule has 1 aromatic heterocycles. The van der Waals surface area contributed by atoms with Gasteiger partial charge in [-0.05, 0) is 36.6 Å². The maximum absolute atomic E-state index is 13.2. The predicted molar refractivity (Wildman–Crippen MR) is 77.6 cm³/mol. The number of aromatic hydroxyl groups is 1. The van der Waals surface area contributed by atoms with Crippen molar-refractivity contribution in [3.05, 3.63) is 52.0 Å². The molecule has 2 rings (SSSR count). The highest BCUT2D eigenvalue weighted by Gasteiger charge is 2.21. The summed E-state index contributed by atoms with van der Waals surface area (Å²) in [5, 5.41) is 11.7. The minimum Gasteiger partial charge on any atom is -0.507 e. The maximum Gasteiger partial charge on any atom is 0.257 e. The Morgan fingerprint density at radius 1 is 1.45 bits per heavy atom. The van der Waals surface area contributed by atoms with E-state index in [1.54, 1.807) is 18.4 Å². The Morgan fingerprint density at radius 3 is 2.85 bits per heavy atom. The Kier molecular flexibility index (Phi) is 4.39. The van der Waals surface area contributed by atoms with Crippen molar-refractivity contribution in [2.75, 3.05) is 7.05 Å². The van der Waals surface area contributed by atoms with Crippen LogP contribution in [-0.2, 0) is 6.42 Å². The smallest absolute Gasteiger partial charge is 0.257 e. The first-order chi connectivity index (χ1) is 9.49. The summed E-state index contributed by atoms with van der Waals surface area (Å²) >= 11 is 1.63. The number of rotatable bonds is 4. The van der Waals surface area contributed by atoms with E-state index in [0.717, 1.165) is 18.6 Å². The van der Waals surface area contributed by atoms with E-state index in [1.807, 2.05) is 24.4 Å². The fraction of sp³-hybridized carbons (Fsp3) is 0.267. The van der Waals surface area contributed by atoms with Crippen LogP contribution in [0.3, 0.4) is 0 Å². The van der Waals surface area contributed by atoms with Crippen molar-refractivity contribution in [1.29, 1.82) is 0 Å². The molecule has 1 unspecified atom stereocenters. The van der Waals surface area contributed by atoms with Crippen molar-refractivity contribution >= 4 is 17.2 Å². The van der Waals surface area contributed by atoms with E-state index >= 15 is 0 Å². The van der Waals surface area contributed by atoms with Gasteiger partial charge in [-0.3, -0.25) is 4.79 Å². The number of phenols is 1. The van der Waals surface area contributed by atoms with Gasteiger partial charge in [-0.1, -0.05) is 6.07 Å². The van der Waals surface area contributed by atoms with Gasteiger partial charge in [-0.2, -0.15) is 0 Å². The van der Waals surface area contributed by atoms with Crippen LogP contribution in [0.5, 0.6) is 5.75 Å². The van der Waals surface area contributed by atoms with Gasteiger partial charge in [0.1, 0.15) is 11.6 Å². The molecule has 0 saturated carbocycles. The molecule has 3 nitrogen and oxygen atoms in total. The normalized spacial score (nSPS) is 12.2. The van der Waals surface area contributed by atoms with Gasteiger partial charge in [0.15, 0.2) is 0 Å². The third kappa shape index (κ3) is 3.17. The highest BCUT2D eigenvalue weighted by atomic mass is 32.1. The summed E-state index contributed by atoms with van der Waals surface area (Å²) in [6.45, 7) is 1.92. The molecule has 1 amide bonds. The largest absolute Gasteiger partial charge is 0.507 e. The summed E-state index contributed by atoms with van der Waals surface area (Å²) in [5.41, 5.74) is -0.00877. The van der Waals surface area contributed by atoms with E-state index in [4.69, 9.17) is 0 Å². The van der Waals surface area contributed by atoms with Gasteiger partial charge in [-0.25, -0.2) is 4.39 Å². The number of benzene rings is 1. The number of phenolic OH excluding ortho intramolecular Hbond substituents is 1. The Bertz CT molecular complexity index is 598. The molecule has 1 aromatic carbocycles. The molecule has 2 aromatic rings. The molecule has 0 aliphatic carbocycles. The Morgan fingerprint density at radius 2 is 2.20 bits per heavy atom. The van der Waals surface area contributed by atoms with Crippen molar-refractivity contribution in [3.8, 4) is 5.75 Å². The average Bonchev–Trinajstić information content (AvgIpc) is 2.92. The SMILES string of the molecule is CC(Cc1cccs1)N(C)C(=O)c1cc(F)ccc1O. The molecule has 5 heteroatoms. The molecule has 1 atom stereocenters. The highest BCUT2D eigenvalue weighted by Crippen LogP contribution is 2.21. The van der Waals surface area contributed by atoms with Crippen LogP contribution in [0, 0.1) is 5.82 Å². The summed E-state index contributed by atoms with van der Waals surface area (Å²) in [6.07, 6.45) is 0.732.